The number of alkyl halides is 12. The van der Waals surface area contributed by atoms with E-state index in [4.69, 9.17) is 4.74 Å². The minimum absolute atomic E-state index is 0.132. The molecule has 0 radical (unpaired) electrons. The minimum atomic E-state index is -5.34. The molecule has 0 aromatic heterocycles. The van der Waals surface area contributed by atoms with E-state index in [1.807, 2.05) is 66.7 Å². The Hall–Kier alpha value is -4.60. The van der Waals surface area contributed by atoms with Crippen molar-refractivity contribution in [3.63, 3.8) is 0 Å². The smallest absolute Gasteiger partial charge is 0.416 e. The van der Waals surface area contributed by atoms with Gasteiger partial charge in [-0.1, -0.05) is 97.5 Å². The lowest BCUT2D eigenvalue weighted by molar-refractivity contribution is -0.144. The topological polar surface area (TPSA) is 9.23 Å². The van der Waals surface area contributed by atoms with Crippen molar-refractivity contribution in [3.05, 3.63) is 167 Å². The van der Waals surface area contributed by atoms with Crippen LogP contribution in [0.5, 0.6) is 5.75 Å². The Morgan fingerprint density at radius 1 is 0.526 bits per heavy atom. The van der Waals surface area contributed by atoms with Gasteiger partial charge in [-0.2, -0.15) is 52.7 Å². The molecule has 1 nitrogen and oxygen atoms in total. The molecule has 0 saturated carbocycles. The van der Waals surface area contributed by atoms with Crippen molar-refractivity contribution >= 4 is 42.4 Å². The van der Waals surface area contributed by atoms with Crippen LogP contribution in [0.25, 0.3) is 0 Å². The molecule has 2 atom stereocenters. The van der Waals surface area contributed by atoms with Gasteiger partial charge in [0.15, 0.2) is 0 Å². The number of hydrogen-bond donors (Lipinski definition) is 0. The first-order chi connectivity index (χ1) is 26.7. The van der Waals surface area contributed by atoms with Crippen LogP contribution in [0.15, 0.2) is 139 Å². The van der Waals surface area contributed by atoms with Gasteiger partial charge in [-0.3, -0.25) is 0 Å². The molecule has 1 unspecified atom stereocenters. The molecule has 0 amide bonds. The van der Waals surface area contributed by atoms with Crippen LogP contribution in [0.3, 0.4) is 0 Å². The SMILES string of the molecule is COc1ccc(C2C=CC=C2[C@@H](C)P(c2cc(C(F)(F)F)cc(C(F)(F)F)c2)c2cc(C(F)(F)F)cc(C(F)(F)F)c2)c(P(c2ccccc2)c2ccccc2)c1. The van der Waals surface area contributed by atoms with Crippen LogP contribution < -0.4 is 31.3 Å². The fourth-order valence-electron chi connectivity index (χ4n) is 6.76. The van der Waals surface area contributed by atoms with Crippen molar-refractivity contribution in [3.8, 4) is 5.75 Å². The second-order valence-electron chi connectivity index (χ2n) is 13.0. The Morgan fingerprint density at radius 3 is 1.33 bits per heavy atom. The summed E-state index contributed by atoms with van der Waals surface area (Å²) in [7, 11) is -2.73. The van der Waals surface area contributed by atoms with Crippen molar-refractivity contribution in [2.24, 2.45) is 0 Å². The Morgan fingerprint density at radius 2 is 0.947 bits per heavy atom. The first-order valence-corrected chi connectivity index (χ1v) is 19.8. The average Bonchev–Trinajstić information content (AvgIpc) is 3.64. The molecule has 0 bridgehead atoms. The van der Waals surface area contributed by atoms with E-state index in [2.05, 4.69) is 0 Å². The van der Waals surface area contributed by atoms with Gasteiger partial charge in [0.1, 0.15) is 5.75 Å². The highest BCUT2D eigenvalue weighted by Crippen LogP contribution is 2.52. The van der Waals surface area contributed by atoms with Gasteiger partial charge in [0.2, 0.25) is 0 Å². The third kappa shape index (κ3) is 9.26. The summed E-state index contributed by atoms with van der Waals surface area (Å²) in [6.45, 7) is 1.40. The van der Waals surface area contributed by atoms with Crippen molar-refractivity contribution in [1.82, 2.24) is 0 Å². The van der Waals surface area contributed by atoms with Crippen molar-refractivity contribution < 1.29 is 57.4 Å². The highest BCUT2D eigenvalue weighted by atomic mass is 31.1. The second kappa shape index (κ2) is 16.0. The van der Waals surface area contributed by atoms with Gasteiger partial charge in [0.25, 0.3) is 0 Å². The lowest BCUT2D eigenvalue weighted by Crippen LogP contribution is -2.29. The quantitative estimate of drug-likeness (QED) is 0.106. The predicted molar refractivity (Wildman–Crippen MR) is 200 cm³/mol. The summed E-state index contributed by atoms with van der Waals surface area (Å²) in [5.41, 5.74) is -7.20. The number of ether oxygens (including phenoxy) is 1. The van der Waals surface area contributed by atoms with Crippen LogP contribution in [0.4, 0.5) is 52.7 Å². The average molecular weight is 841 g/mol. The largest absolute Gasteiger partial charge is 0.497 e. The molecule has 298 valence electrons. The molecule has 1 aliphatic rings. The maximum Gasteiger partial charge on any atom is 0.416 e. The van der Waals surface area contributed by atoms with Crippen LogP contribution >= 0.6 is 15.8 Å². The second-order valence-corrected chi connectivity index (χ2v) is 17.8. The van der Waals surface area contributed by atoms with E-state index in [0.717, 1.165) is 15.9 Å². The number of rotatable bonds is 9. The van der Waals surface area contributed by atoms with E-state index >= 15 is 0 Å². The third-order valence-corrected chi connectivity index (χ3v) is 14.6. The van der Waals surface area contributed by atoms with Crippen molar-refractivity contribution in [1.29, 1.82) is 0 Å². The van der Waals surface area contributed by atoms with Crippen LogP contribution in [-0.4, -0.2) is 12.8 Å². The van der Waals surface area contributed by atoms with Crippen LogP contribution in [0, 0.1) is 0 Å². The molecule has 0 aliphatic heterocycles. The van der Waals surface area contributed by atoms with Crippen molar-refractivity contribution in [2.75, 3.05) is 7.11 Å². The predicted octanol–water partition coefficient (Wildman–Crippen LogP) is 11.6. The zero-order valence-corrected chi connectivity index (χ0v) is 31.5. The Kier molecular flexibility index (Phi) is 11.8. The summed E-state index contributed by atoms with van der Waals surface area (Å²) in [5, 5.41) is 1.19. The Balaban J connectivity index is 1.60. The molecule has 0 saturated heterocycles. The zero-order chi connectivity index (χ0) is 41.5. The lowest BCUT2D eigenvalue weighted by Gasteiger charge is -2.33. The lowest BCUT2D eigenvalue weighted by atomic mass is 9.92. The molecule has 0 spiro atoms. The minimum Gasteiger partial charge on any atom is -0.497 e. The van der Waals surface area contributed by atoms with Crippen molar-refractivity contribution in [2.45, 2.75) is 43.2 Å². The standard InChI is InChI=1S/C42H30F12OP2/c1-25(35-14-9-15-36(35)37-17-16-30(55-2)24-38(37)57(31-10-5-3-6-11-31)32-12-7-4-8-13-32)56(33-20-26(39(43,44)45)18-27(21-33)40(46,47)48)34-22-28(41(49,50)51)19-29(23-34)42(52,53)54/h3-25,36H,1-2H3/t25-,36?/m1/s1. The molecular formula is C42H30F12OP2. The van der Waals surface area contributed by atoms with E-state index in [1.54, 1.807) is 30.4 Å². The number of benzene rings is 5. The van der Waals surface area contributed by atoms with Gasteiger partial charge >= 0.3 is 24.7 Å². The molecule has 0 heterocycles. The number of hydrogen-bond acceptors (Lipinski definition) is 1. The molecule has 15 heteroatoms. The van der Waals surface area contributed by atoms with Crippen LogP contribution in [-0.2, 0) is 24.7 Å². The summed E-state index contributed by atoms with van der Waals surface area (Å²) in [6, 6.07) is 25.4. The third-order valence-electron chi connectivity index (χ3n) is 9.36. The van der Waals surface area contributed by atoms with Crippen LogP contribution in [0.2, 0.25) is 0 Å². The van der Waals surface area contributed by atoms with E-state index in [-0.39, 0.29) is 12.1 Å². The van der Waals surface area contributed by atoms with Gasteiger partial charge in [-0.05, 0) is 96.5 Å². The molecule has 0 fully saturated rings. The molecule has 1 aliphatic carbocycles. The fraction of sp³-hybridized carbons (Fsp3) is 0.190. The van der Waals surface area contributed by atoms with Gasteiger partial charge < -0.3 is 4.74 Å². The summed E-state index contributed by atoms with van der Waals surface area (Å²) in [6.07, 6.45) is -16.5. The molecule has 6 rings (SSSR count). The van der Waals surface area contributed by atoms with E-state index in [9.17, 15) is 52.7 Å². The summed E-state index contributed by atoms with van der Waals surface area (Å²) in [5.74, 6) is -0.271. The Bertz CT molecular complexity index is 2100. The fourth-order valence-corrected chi connectivity index (χ4v) is 12.1. The summed E-state index contributed by atoms with van der Waals surface area (Å²) < 4.78 is 176. The summed E-state index contributed by atoms with van der Waals surface area (Å²) in [4.78, 5) is 0. The summed E-state index contributed by atoms with van der Waals surface area (Å²) >= 11 is 0. The maximum atomic E-state index is 14.2. The van der Waals surface area contributed by atoms with Gasteiger partial charge in [-0.25, -0.2) is 0 Å². The number of methoxy groups -OCH3 is 1. The molecule has 57 heavy (non-hydrogen) atoms. The highest BCUT2D eigenvalue weighted by molar-refractivity contribution is 7.80. The van der Waals surface area contributed by atoms with Gasteiger partial charge in [0.05, 0.1) is 29.4 Å². The van der Waals surface area contributed by atoms with Gasteiger partial charge in [0, 0.05) is 11.6 Å². The molecule has 5 aromatic rings. The van der Waals surface area contributed by atoms with Gasteiger partial charge in [-0.15, -0.1) is 0 Å². The monoisotopic (exact) mass is 840 g/mol. The van der Waals surface area contributed by atoms with E-state index in [0.29, 0.717) is 41.2 Å². The molecule has 0 N–H and O–H groups in total. The Labute approximate surface area is 322 Å². The molecular weight excluding hydrogens is 810 g/mol. The zero-order valence-electron chi connectivity index (χ0n) is 29.7. The first-order valence-electron chi connectivity index (χ1n) is 17.0. The normalized spacial score (nSPS) is 15.6. The first kappa shape index (κ1) is 42.0. The number of halogens is 12. The highest BCUT2D eigenvalue weighted by Gasteiger charge is 2.42. The van der Waals surface area contributed by atoms with E-state index < -0.39 is 85.0 Å². The maximum absolute atomic E-state index is 14.2. The van der Waals surface area contributed by atoms with E-state index in [1.165, 1.54) is 14.0 Å². The van der Waals surface area contributed by atoms with Crippen LogP contribution in [0.1, 0.15) is 40.7 Å². The number of allylic oxidation sites excluding steroid dienone is 4. The molecule has 5 aromatic carbocycles.